The van der Waals surface area contributed by atoms with E-state index in [0.717, 1.165) is 0 Å². The van der Waals surface area contributed by atoms with Crippen LogP contribution in [0.15, 0.2) is 29.4 Å². The van der Waals surface area contributed by atoms with Crippen LogP contribution in [0.4, 0.5) is 4.39 Å². The SMILES string of the molecule is NCCc1nnc(SCC2COCCO2)n1-c1ccccc1F. The molecular formula is C15H19FN4O2S. The van der Waals surface area contributed by atoms with E-state index in [1.54, 1.807) is 22.8 Å². The van der Waals surface area contributed by atoms with E-state index in [-0.39, 0.29) is 11.9 Å². The van der Waals surface area contributed by atoms with Crippen molar-refractivity contribution in [3.8, 4) is 5.69 Å². The van der Waals surface area contributed by atoms with Gasteiger partial charge in [-0.15, -0.1) is 10.2 Å². The normalized spacial score (nSPS) is 18.3. The molecular weight excluding hydrogens is 319 g/mol. The van der Waals surface area contributed by atoms with E-state index in [0.29, 0.717) is 55.2 Å². The lowest BCUT2D eigenvalue weighted by Crippen LogP contribution is -2.30. The van der Waals surface area contributed by atoms with E-state index in [1.807, 2.05) is 0 Å². The van der Waals surface area contributed by atoms with E-state index in [2.05, 4.69) is 10.2 Å². The predicted octanol–water partition coefficient (Wildman–Crippen LogP) is 1.42. The molecule has 1 aliphatic rings. The highest BCUT2D eigenvalue weighted by atomic mass is 32.2. The summed E-state index contributed by atoms with van der Waals surface area (Å²) >= 11 is 1.48. The third-order valence-corrected chi connectivity index (χ3v) is 4.51. The smallest absolute Gasteiger partial charge is 0.196 e. The summed E-state index contributed by atoms with van der Waals surface area (Å²) in [5.74, 6) is 1.01. The molecule has 0 aliphatic carbocycles. The average molecular weight is 338 g/mol. The van der Waals surface area contributed by atoms with Gasteiger partial charge in [0.15, 0.2) is 5.16 Å². The quantitative estimate of drug-likeness (QED) is 0.803. The lowest BCUT2D eigenvalue weighted by Gasteiger charge is -2.22. The first kappa shape index (κ1) is 16.4. The number of aromatic nitrogens is 3. The second-order valence-electron chi connectivity index (χ2n) is 5.10. The van der Waals surface area contributed by atoms with Crippen molar-refractivity contribution in [2.75, 3.05) is 32.1 Å². The number of halogens is 1. The van der Waals surface area contributed by atoms with Crippen molar-refractivity contribution in [2.45, 2.75) is 17.7 Å². The number of ether oxygens (including phenoxy) is 2. The molecule has 23 heavy (non-hydrogen) atoms. The zero-order valence-electron chi connectivity index (χ0n) is 12.7. The van der Waals surface area contributed by atoms with Crippen LogP contribution in [0, 0.1) is 5.82 Å². The fourth-order valence-corrected chi connectivity index (χ4v) is 3.32. The van der Waals surface area contributed by atoms with Crippen LogP contribution in [0.1, 0.15) is 5.82 Å². The molecule has 2 N–H and O–H groups in total. The van der Waals surface area contributed by atoms with Gasteiger partial charge < -0.3 is 15.2 Å². The van der Waals surface area contributed by atoms with Gasteiger partial charge in [0.25, 0.3) is 0 Å². The van der Waals surface area contributed by atoms with Crippen molar-refractivity contribution in [1.82, 2.24) is 14.8 Å². The van der Waals surface area contributed by atoms with E-state index in [4.69, 9.17) is 15.2 Å². The maximum absolute atomic E-state index is 14.2. The molecule has 0 radical (unpaired) electrons. The van der Waals surface area contributed by atoms with Crippen LogP contribution < -0.4 is 5.73 Å². The monoisotopic (exact) mass is 338 g/mol. The second kappa shape index (κ2) is 7.87. The van der Waals surface area contributed by atoms with E-state index < -0.39 is 0 Å². The molecule has 1 atom stereocenters. The van der Waals surface area contributed by atoms with Crippen LogP contribution in [-0.2, 0) is 15.9 Å². The van der Waals surface area contributed by atoms with Gasteiger partial charge in [0.1, 0.15) is 11.6 Å². The van der Waals surface area contributed by atoms with Crippen molar-refractivity contribution in [2.24, 2.45) is 5.73 Å². The molecule has 1 aliphatic heterocycles. The van der Waals surface area contributed by atoms with Crippen LogP contribution in [-0.4, -0.2) is 53.0 Å². The maximum atomic E-state index is 14.2. The second-order valence-corrected chi connectivity index (χ2v) is 6.09. The summed E-state index contributed by atoms with van der Waals surface area (Å²) in [6, 6.07) is 6.58. The Morgan fingerprint density at radius 2 is 2.17 bits per heavy atom. The third kappa shape index (κ3) is 3.89. The zero-order valence-corrected chi connectivity index (χ0v) is 13.5. The molecule has 0 spiro atoms. The molecule has 1 fully saturated rings. The van der Waals surface area contributed by atoms with Crippen LogP contribution in [0.2, 0.25) is 0 Å². The molecule has 124 valence electrons. The number of rotatable bonds is 6. The predicted molar refractivity (Wildman–Crippen MR) is 85.4 cm³/mol. The number of benzene rings is 1. The van der Waals surface area contributed by atoms with Gasteiger partial charge in [-0.3, -0.25) is 4.57 Å². The Hall–Kier alpha value is -1.48. The van der Waals surface area contributed by atoms with Crippen LogP contribution in [0.3, 0.4) is 0 Å². The van der Waals surface area contributed by atoms with Crippen molar-refractivity contribution < 1.29 is 13.9 Å². The maximum Gasteiger partial charge on any atom is 0.196 e. The summed E-state index contributed by atoms with van der Waals surface area (Å²) in [4.78, 5) is 0. The Morgan fingerprint density at radius 1 is 1.30 bits per heavy atom. The van der Waals surface area contributed by atoms with Crippen molar-refractivity contribution in [3.63, 3.8) is 0 Å². The number of para-hydroxylation sites is 1. The fraction of sp³-hybridized carbons (Fsp3) is 0.467. The minimum absolute atomic E-state index is 0.0116. The van der Waals surface area contributed by atoms with Gasteiger partial charge in [-0.1, -0.05) is 23.9 Å². The molecule has 2 heterocycles. The first-order valence-electron chi connectivity index (χ1n) is 7.51. The average Bonchev–Trinajstić information content (AvgIpc) is 2.97. The Labute approximate surface area is 138 Å². The van der Waals surface area contributed by atoms with Crippen molar-refractivity contribution in [3.05, 3.63) is 35.9 Å². The van der Waals surface area contributed by atoms with Crippen LogP contribution >= 0.6 is 11.8 Å². The molecule has 1 aromatic heterocycles. The summed E-state index contributed by atoms with van der Waals surface area (Å²) in [6.45, 7) is 2.23. The lowest BCUT2D eigenvalue weighted by atomic mass is 10.3. The lowest BCUT2D eigenvalue weighted by molar-refractivity contribution is -0.0776. The first-order chi connectivity index (χ1) is 11.3. The van der Waals surface area contributed by atoms with E-state index in [9.17, 15) is 4.39 Å². The van der Waals surface area contributed by atoms with Crippen molar-refractivity contribution >= 4 is 11.8 Å². The minimum atomic E-state index is -0.315. The third-order valence-electron chi connectivity index (χ3n) is 3.44. The largest absolute Gasteiger partial charge is 0.376 e. The molecule has 2 aromatic rings. The van der Waals surface area contributed by atoms with Crippen molar-refractivity contribution in [1.29, 1.82) is 0 Å². The van der Waals surface area contributed by atoms with Gasteiger partial charge in [0.2, 0.25) is 0 Å². The molecule has 1 aromatic carbocycles. The molecule has 8 heteroatoms. The van der Waals surface area contributed by atoms with Crippen LogP contribution in [0.25, 0.3) is 5.69 Å². The van der Waals surface area contributed by atoms with Crippen LogP contribution in [0.5, 0.6) is 0 Å². The van der Waals surface area contributed by atoms with Gasteiger partial charge in [-0.05, 0) is 18.7 Å². The van der Waals surface area contributed by atoms with E-state index in [1.165, 1.54) is 17.8 Å². The fourth-order valence-electron chi connectivity index (χ4n) is 2.36. The summed E-state index contributed by atoms with van der Waals surface area (Å²) in [5, 5.41) is 8.99. The molecule has 6 nitrogen and oxygen atoms in total. The Balaban J connectivity index is 1.83. The zero-order chi connectivity index (χ0) is 16.1. The standard InChI is InChI=1S/C15H19FN4O2S/c16-12-3-1-2-4-13(12)20-14(5-6-17)18-19-15(20)23-10-11-9-21-7-8-22-11/h1-4,11H,5-10,17H2. The summed E-state index contributed by atoms with van der Waals surface area (Å²) in [5.41, 5.74) is 6.06. The number of hydrogen-bond donors (Lipinski definition) is 1. The number of nitrogens with zero attached hydrogens (tertiary/aromatic N) is 3. The molecule has 3 rings (SSSR count). The van der Waals surface area contributed by atoms with Gasteiger partial charge in [0.05, 0.1) is 31.6 Å². The number of nitrogens with two attached hydrogens (primary N) is 1. The Bertz CT molecular complexity index is 646. The Morgan fingerprint density at radius 3 is 2.91 bits per heavy atom. The molecule has 0 amide bonds. The van der Waals surface area contributed by atoms with Gasteiger partial charge >= 0.3 is 0 Å². The highest BCUT2D eigenvalue weighted by Crippen LogP contribution is 2.25. The molecule has 0 bridgehead atoms. The number of hydrogen-bond acceptors (Lipinski definition) is 6. The van der Waals surface area contributed by atoms with Gasteiger partial charge in [0, 0.05) is 12.2 Å². The summed E-state index contributed by atoms with van der Waals surface area (Å²) in [6.07, 6.45) is 0.544. The highest BCUT2D eigenvalue weighted by molar-refractivity contribution is 7.99. The first-order valence-corrected chi connectivity index (χ1v) is 8.49. The van der Waals surface area contributed by atoms with Gasteiger partial charge in [-0.2, -0.15) is 0 Å². The summed E-state index contributed by atoms with van der Waals surface area (Å²) in [7, 11) is 0. The topological polar surface area (TPSA) is 75.2 Å². The highest BCUT2D eigenvalue weighted by Gasteiger charge is 2.20. The Kier molecular flexibility index (Phi) is 5.60. The molecule has 0 saturated carbocycles. The molecule has 1 saturated heterocycles. The molecule has 1 unspecified atom stereocenters. The van der Waals surface area contributed by atoms with E-state index >= 15 is 0 Å². The van der Waals surface area contributed by atoms with Gasteiger partial charge in [-0.25, -0.2) is 4.39 Å². The summed E-state index contributed by atoms with van der Waals surface area (Å²) < 4.78 is 26.9. The number of thioether (sulfide) groups is 1. The minimum Gasteiger partial charge on any atom is -0.376 e.